The fourth-order valence-electron chi connectivity index (χ4n) is 3.94. The van der Waals surface area contributed by atoms with Crippen LogP contribution in [-0.4, -0.2) is 18.5 Å². The van der Waals surface area contributed by atoms with Crippen molar-refractivity contribution in [1.82, 2.24) is 0 Å². The van der Waals surface area contributed by atoms with Crippen LogP contribution >= 0.6 is 38.5 Å². The van der Waals surface area contributed by atoms with Crippen LogP contribution in [0.25, 0.3) is 17.2 Å². The summed E-state index contributed by atoms with van der Waals surface area (Å²) in [5.41, 5.74) is 4.93. The maximum Gasteiger partial charge on any atom is 0.363 e. The predicted octanol–water partition coefficient (Wildman–Crippen LogP) is 8.04. The SMILES string of the molecule is CCOc1cc(/C=C2\N=C(c3ccc(-c4ccccc4)cc3)OC2=O)cc(Br)c1OCc1ccc(I)cc1. The highest BCUT2D eigenvalue weighted by molar-refractivity contribution is 14.1. The lowest BCUT2D eigenvalue weighted by Gasteiger charge is -2.15. The number of benzene rings is 4. The monoisotopic (exact) mass is 679 g/mol. The van der Waals surface area contributed by atoms with Gasteiger partial charge in [0.15, 0.2) is 17.2 Å². The van der Waals surface area contributed by atoms with Crippen LogP contribution in [0, 0.1) is 3.57 Å². The molecule has 0 fully saturated rings. The Balaban J connectivity index is 1.37. The van der Waals surface area contributed by atoms with Gasteiger partial charge in [0.1, 0.15) is 6.61 Å². The topological polar surface area (TPSA) is 57.1 Å². The average Bonchev–Trinajstić information content (AvgIpc) is 3.30. The molecular formula is C31H23BrINO4. The molecule has 190 valence electrons. The number of ether oxygens (including phenoxy) is 3. The van der Waals surface area contributed by atoms with Gasteiger partial charge in [-0.2, -0.15) is 0 Å². The number of hydrogen-bond donors (Lipinski definition) is 0. The number of hydrogen-bond acceptors (Lipinski definition) is 5. The molecule has 0 aromatic heterocycles. The number of esters is 1. The molecular weight excluding hydrogens is 657 g/mol. The molecule has 0 unspecified atom stereocenters. The smallest absolute Gasteiger partial charge is 0.363 e. The maximum absolute atomic E-state index is 12.6. The van der Waals surface area contributed by atoms with Crippen molar-refractivity contribution in [2.45, 2.75) is 13.5 Å². The molecule has 4 aromatic rings. The Morgan fingerprint density at radius 1 is 0.895 bits per heavy atom. The number of aliphatic imine (C=N–C) groups is 1. The van der Waals surface area contributed by atoms with Crippen molar-refractivity contribution < 1.29 is 19.0 Å². The van der Waals surface area contributed by atoms with Gasteiger partial charge in [-0.05, 0) is 110 Å². The highest BCUT2D eigenvalue weighted by Crippen LogP contribution is 2.38. The van der Waals surface area contributed by atoms with Crippen LogP contribution in [0.15, 0.2) is 106 Å². The van der Waals surface area contributed by atoms with Crippen molar-refractivity contribution in [3.05, 3.63) is 121 Å². The minimum absolute atomic E-state index is 0.217. The minimum Gasteiger partial charge on any atom is -0.490 e. The van der Waals surface area contributed by atoms with Crippen LogP contribution in [0.4, 0.5) is 0 Å². The Morgan fingerprint density at radius 3 is 2.29 bits per heavy atom. The van der Waals surface area contributed by atoms with Gasteiger partial charge < -0.3 is 14.2 Å². The number of rotatable bonds is 8. The molecule has 0 N–H and O–H groups in total. The van der Waals surface area contributed by atoms with Gasteiger partial charge in [0.2, 0.25) is 5.90 Å². The molecule has 1 aliphatic rings. The zero-order valence-corrected chi connectivity index (χ0v) is 24.2. The largest absolute Gasteiger partial charge is 0.490 e. The van der Waals surface area contributed by atoms with Gasteiger partial charge in [0.05, 0.1) is 11.1 Å². The van der Waals surface area contributed by atoms with Gasteiger partial charge in [-0.3, -0.25) is 0 Å². The molecule has 0 bridgehead atoms. The number of nitrogens with zero attached hydrogens (tertiary/aromatic N) is 1. The van der Waals surface area contributed by atoms with Crippen molar-refractivity contribution in [3.63, 3.8) is 0 Å². The van der Waals surface area contributed by atoms with E-state index in [0.29, 0.717) is 29.2 Å². The molecule has 0 radical (unpaired) electrons. The van der Waals surface area contributed by atoms with E-state index < -0.39 is 5.97 Å². The summed E-state index contributed by atoms with van der Waals surface area (Å²) >= 11 is 5.88. The lowest BCUT2D eigenvalue weighted by atomic mass is 10.0. The highest BCUT2D eigenvalue weighted by atomic mass is 127. The van der Waals surface area contributed by atoms with Crippen molar-refractivity contribution in [2.24, 2.45) is 4.99 Å². The van der Waals surface area contributed by atoms with Gasteiger partial charge in [0, 0.05) is 9.13 Å². The minimum atomic E-state index is -0.500. The molecule has 5 rings (SSSR count). The first kappa shape index (κ1) is 26.2. The van der Waals surface area contributed by atoms with Crippen LogP contribution in [0.5, 0.6) is 11.5 Å². The van der Waals surface area contributed by atoms with Gasteiger partial charge in [-0.1, -0.05) is 54.6 Å². The standard InChI is InChI=1S/C31H23BrINO4/c1-2-36-28-18-21(16-26(32)29(28)37-19-20-8-14-25(33)15-9-20)17-27-31(35)38-30(34-27)24-12-10-23(11-13-24)22-6-4-3-5-7-22/h3-18H,2,19H2,1H3/b27-17-. The van der Waals surface area contributed by atoms with E-state index in [2.05, 4.69) is 55.6 Å². The normalized spacial score (nSPS) is 13.8. The highest BCUT2D eigenvalue weighted by Gasteiger charge is 2.24. The summed E-state index contributed by atoms with van der Waals surface area (Å²) in [6.45, 7) is 2.78. The van der Waals surface area contributed by atoms with Crippen LogP contribution < -0.4 is 9.47 Å². The predicted molar refractivity (Wildman–Crippen MR) is 161 cm³/mol. The Hall–Kier alpha value is -3.43. The number of cyclic esters (lactones) is 1. The Kier molecular flexibility index (Phi) is 8.24. The fourth-order valence-corrected chi connectivity index (χ4v) is 4.87. The molecule has 4 aromatic carbocycles. The Bertz CT molecular complexity index is 1510. The van der Waals surface area contributed by atoms with E-state index in [1.54, 1.807) is 6.08 Å². The molecule has 0 spiro atoms. The first-order chi connectivity index (χ1) is 18.5. The fraction of sp³-hybridized carbons (Fsp3) is 0.0968. The summed E-state index contributed by atoms with van der Waals surface area (Å²) in [5, 5.41) is 0. The number of carbonyl (C=O) groups is 1. The second kappa shape index (κ2) is 12.0. The second-order valence-electron chi connectivity index (χ2n) is 8.46. The van der Waals surface area contributed by atoms with Crippen molar-refractivity contribution in [2.75, 3.05) is 6.61 Å². The third-order valence-electron chi connectivity index (χ3n) is 5.79. The average molecular weight is 680 g/mol. The summed E-state index contributed by atoms with van der Waals surface area (Å²) in [6.07, 6.45) is 1.68. The van der Waals surface area contributed by atoms with E-state index in [0.717, 1.165) is 27.8 Å². The zero-order chi connectivity index (χ0) is 26.5. The molecule has 1 heterocycles. The molecule has 38 heavy (non-hydrogen) atoms. The second-order valence-corrected chi connectivity index (χ2v) is 10.6. The van der Waals surface area contributed by atoms with Crippen LogP contribution in [-0.2, 0) is 16.1 Å². The third kappa shape index (κ3) is 6.16. The first-order valence-corrected chi connectivity index (χ1v) is 13.9. The summed E-state index contributed by atoms with van der Waals surface area (Å²) in [7, 11) is 0. The van der Waals surface area contributed by atoms with E-state index >= 15 is 0 Å². The van der Waals surface area contributed by atoms with Crippen LogP contribution in [0.3, 0.4) is 0 Å². The van der Waals surface area contributed by atoms with E-state index in [1.807, 2.05) is 85.8 Å². The summed E-state index contributed by atoms with van der Waals surface area (Å²) in [4.78, 5) is 17.1. The summed E-state index contributed by atoms with van der Waals surface area (Å²) < 4.78 is 19.3. The van der Waals surface area contributed by atoms with Gasteiger partial charge in [-0.15, -0.1) is 0 Å². The molecule has 0 atom stereocenters. The van der Waals surface area contributed by atoms with Gasteiger partial charge in [-0.25, -0.2) is 9.79 Å². The Morgan fingerprint density at radius 2 is 1.58 bits per heavy atom. The lowest BCUT2D eigenvalue weighted by molar-refractivity contribution is -0.129. The number of carbonyl (C=O) groups excluding carboxylic acids is 1. The van der Waals surface area contributed by atoms with E-state index in [1.165, 1.54) is 3.57 Å². The lowest BCUT2D eigenvalue weighted by Crippen LogP contribution is -2.05. The number of halogens is 2. The summed E-state index contributed by atoms with van der Waals surface area (Å²) in [6, 6.07) is 29.7. The third-order valence-corrected chi connectivity index (χ3v) is 7.10. The van der Waals surface area contributed by atoms with E-state index in [-0.39, 0.29) is 11.6 Å². The van der Waals surface area contributed by atoms with Crippen LogP contribution in [0.2, 0.25) is 0 Å². The zero-order valence-electron chi connectivity index (χ0n) is 20.5. The van der Waals surface area contributed by atoms with Crippen molar-refractivity contribution in [3.8, 4) is 22.6 Å². The molecule has 0 aliphatic carbocycles. The maximum atomic E-state index is 12.6. The first-order valence-electron chi connectivity index (χ1n) is 12.0. The summed E-state index contributed by atoms with van der Waals surface area (Å²) in [5.74, 6) is 0.957. The van der Waals surface area contributed by atoms with Crippen molar-refractivity contribution in [1.29, 1.82) is 0 Å². The van der Waals surface area contributed by atoms with E-state index in [9.17, 15) is 4.79 Å². The molecule has 1 aliphatic heterocycles. The molecule has 0 saturated heterocycles. The Labute approximate surface area is 243 Å². The van der Waals surface area contributed by atoms with E-state index in [4.69, 9.17) is 14.2 Å². The molecule has 5 nitrogen and oxygen atoms in total. The molecule has 0 amide bonds. The molecule has 0 saturated carbocycles. The quantitative estimate of drug-likeness (QED) is 0.107. The van der Waals surface area contributed by atoms with Gasteiger partial charge >= 0.3 is 5.97 Å². The van der Waals surface area contributed by atoms with Gasteiger partial charge in [0.25, 0.3) is 0 Å². The van der Waals surface area contributed by atoms with Crippen molar-refractivity contribution >= 4 is 56.5 Å². The van der Waals surface area contributed by atoms with Crippen LogP contribution in [0.1, 0.15) is 23.6 Å². The molecule has 7 heteroatoms.